The fourth-order valence-electron chi connectivity index (χ4n) is 2.19. The van der Waals surface area contributed by atoms with Gasteiger partial charge < -0.3 is 19.9 Å². The number of nitrogens with one attached hydrogen (secondary N) is 2. The van der Waals surface area contributed by atoms with Gasteiger partial charge in [-0.3, -0.25) is 0 Å². The molecule has 1 aliphatic rings. The molecule has 0 saturated carbocycles. The van der Waals surface area contributed by atoms with Crippen molar-refractivity contribution in [1.29, 1.82) is 0 Å². The van der Waals surface area contributed by atoms with Gasteiger partial charge in [-0.05, 0) is 37.1 Å². The molecule has 21 heavy (non-hydrogen) atoms. The second-order valence-corrected chi connectivity index (χ2v) is 4.80. The summed E-state index contributed by atoms with van der Waals surface area (Å²) in [6.07, 6.45) is 3.47. The second-order valence-electron chi connectivity index (χ2n) is 4.80. The molecule has 7 heteroatoms. The normalized spacial score (nSPS) is 17.6. The number of aromatic nitrogens is 2. The third kappa shape index (κ3) is 3.57. The summed E-state index contributed by atoms with van der Waals surface area (Å²) < 4.78 is 10.1. The van der Waals surface area contributed by atoms with Crippen molar-refractivity contribution in [2.24, 2.45) is 0 Å². The molecule has 1 aliphatic heterocycles. The van der Waals surface area contributed by atoms with Crippen molar-refractivity contribution in [3.63, 3.8) is 0 Å². The molecule has 2 aromatic rings. The zero-order valence-corrected chi connectivity index (χ0v) is 11.4. The molecule has 1 saturated heterocycles. The lowest BCUT2D eigenvalue weighted by atomic mass is 10.2. The zero-order chi connectivity index (χ0) is 14.5. The molecule has 110 valence electrons. The van der Waals surface area contributed by atoms with Crippen LogP contribution in [0.1, 0.15) is 12.8 Å². The Morgan fingerprint density at radius 3 is 2.86 bits per heavy atom. The van der Waals surface area contributed by atoms with E-state index in [0.717, 1.165) is 25.0 Å². The molecule has 7 nitrogen and oxygen atoms in total. The van der Waals surface area contributed by atoms with Crippen LogP contribution >= 0.6 is 0 Å². The van der Waals surface area contributed by atoms with E-state index in [0.29, 0.717) is 18.1 Å². The molecule has 1 fully saturated rings. The van der Waals surface area contributed by atoms with Gasteiger partial charge in [0.2, 0.25) is 12.2 Å². The van der Waals surface area contributed by atoms with Crippen LogP contribution in [0.2, 0.25) is 0 Å². The molecule has 1 aromatic carbocycles. The van der Waals surface area contributed by atoms with Crippen LogP contribution < -0.4 is 10.6 Å². The fraction of sp³-hybridized carbons (Fsp3) is 0.357. The Morgan fingerprint density at radius 2 is 2.19 bits per heavy atom. The zero-order valence-electron chi connectivity index (χ0n) is 11.4. The lowest BCUT2D eigenvalue weighted by molar-refractivity contribution is 0.112. The van der Waals surface area contributed by atoms with Crippen LogP contribution in [0, 0.1) is 0 Å². The first-order valence-corrected chi connectivity index (χ1v) is 6.84. The highest BCUT2D eigenvalue weighted by Crippen LogP contribution is 2.17. The Balaban J connectivity index is 1.51. The maximum Gasteiger partial charge on any atom is 0.319 e. The molecule has 0 aliphatic carbocycles. The summed E-state index contributed by atoms with van der Waals surface area (Å²) in [5.74, 6) is 0.518. The number of urea groups is 1. The van der Waals surface area contributed by atoms with Gasteiger partial charge >= 0.3 is 6.03 Å². The SMILES string of the molecule is O=C(NC[C@@H]1CCCO1)Nc1ccc(-c2ncon2)cc1. The standard InChI is InChI=1S/C14H16N4O3/c19-14(15-8-12-2-1-7-20-12)17-11-5-3-10(4-6-11)13-16-9-21-18-13/h3-6,9,12H,1-2,7-8H2,(H2,15,17,19)/t12-/m0/s1. The average molecular weight is 288 g/mol. The lowest BCUT2D eigenvalue weighted by Crippen LogP contribution is -2.34. The molecule has 1 aromatic heterocycles. The minimum Gasteiger partial charge on any atom is -0.376 e. The van der Waals surface area contributed by atoms with Crippen molar-refractivity contribution >= 4 is 11.7 Å². The maximum absolute atomic E-state index is 11.8. The molecule has 0 spiro atoms. The van der Waals surface area contributed by atoms with Crippen LogP contribution in [-0.4, -0.2) is 35.4 Å². The number of carbonyl (C=O) groups is 1. The predicted molar refractivity (Wildman–Crippen MR) is 75.7 cm³/mol. The summed E-state index contributed by atoms with van der Waals surface area (Å²) in [5, 5.41) is 9.32. The quantitative estimate of drug-likeness (QED) is 0.898. The van der Waals surface area contributed by atoms with Crippen molar-refractivity contribution < 1.29 is 14.1 Å². The van der Waals surface area contributed by atoms with Gasteiger partial charge in [-0.1, -0.05) is 5.16 Å². The fourth-order valence-corrected chi connectivity index (χ4v) is 2.19. The van der Waals surface area contributed by atoms with Crippen LogP contribution in [-0.2, 0) is 4.74 Å². The van der Waals surface area contributed by atoms with E-state index in [-0.39, 0.29) is 12.1 Å². The van der Waals surface area contributed by atoms with Crippen molar-refractivity contribution in [1.82, 2.24) is 15.5 Å². The van der Waals surface area contributed by atoms with Gasteiger partial charge in [-0.25, -0.2) is 4.79 Å². The Bertz CT molecular complexity index is 577. The molecule has 0 unspecified atom stereocenters. The van der Waals surface area contributed by atoms with Crippen LogP contribution in [0.25, 0.3) is 11.4 Å². The number of carbonyl (C=O) groups excluding carboxylic acids is 1. The summed E-state index contributed by atoms with van der Waals surface area (Å²) in [5.41, 5.74) is 1.53. The van der Waals surface area contributed by atoms with E-state index < -0.39 is 0 Å². The van der Waals surface area contributed by atoms with Crippen molar-refractivity contribution in [2.75, 3.05) is 18.5 Å². The first-order chi connectivity index (χ1) is 10.3. The summed E-state index contributed by atoms with van der Waals surface area (Å²) in [4.78, 5) is 15.7. The van der Waals surface area contributed by atoms with Gasteiger partial charge in [0, 0.05) is 24.4 Å². The number of nitrogens with zero attached hydrogens (tertiary/aromatic N) is 2. The molecule has 1 atom stereocenters. The highest BCUT2D eigenvalue weighted by molar-refractivity contribution is 5.89. The first-order valence-electron chi connectivity index (χ1n) is 6.84. The number of hydrogen-bond acceptors (Lipinski definition) is 5. The monoisotopic (exact) mass is 288 g/mol. The third-order valence-corrected chi connectivity index (χ3v) is 3.28. The number of ether oxygens (including phenoxy) is 1. The number of amides is 2. The van der Waals surface area contributed by atoms with Crippen LogP contribution in [0.3, 0.4) is 0 Å². The van der Waals surface area contributed by atoms with E-state index in [1.807, 2.05) is 12.1 Å². The lowest BCUT2D eigenvalue weighted by Gasteiger charge is -2.11. The van der Waals surface area contributed by atoms with E-state index >= 15 is 0 Å². The van der Waals surface area contributed by atoms with E-state index in [4.69, 9.17) is 9.26 Å². The summed E-state index contributed by atoms with van der Waals surface area (Å²) in [7, 11) is 0. The molecule has 3 rings (SSSR count). The van der Waals surface area contributed by atoms with Gasteiger partial charge in [-0.15, -0.1) is 0 Å². The molecular weight excluding hydrogens is 272 g/mol. The molecule has 2 N–H and O–H groups in total. The smallest absolute Gasteiger partial charge is 0.319 e. The first kappa shape index (κ1) is 13.6. The molecular formula is C14H16N4O3. The maximum atomic E-state index is 11.8. The van der Waals surface area contributed by atoms with E-state index in [1.165, 1.54) is 6.39 Å². The highest BCUT2D eigenvalue weighted by atomic mass is 16.5. The van der Waals surface area contributed by atoms with E-state index in [1.54, 1.807) is 12.1 Å². The van der Waals surface area contributed by atoms with Gasteiger partial charge in [0.05, 0.1) is 6.10 Å². The largest absolute Gasteiger partial charge is 0.376 e. The number of benzene rings is 1. The van der Waals surface area contributed by atoms with Crippen LogP contribution in [0.5, 0.6) is 0 Å². The number of hydrogen-bond donors (Lipinski definition) is 2. The Morgan fingerprint density at radius 1 is 1.33 bits per heavy atom. The summed E-state index contributed by atoms with van der Waals surface area (Å²) >= 11 is 0. The minimum atomic E-state index is -0.238. The predicted octanol–water partition coefficient (Wildman–Crippen LogP) is 2.04. The minimum absolute atomic E-state index is 0.136. The third-order valence-electron chi connectivity index (χ3n) is 3.28. The number of rotatable bonds is 4. The van der Waals surface area contributed by atoms with Crippen molar-refractivity contribution in [3.05, 3.63) is 30.7 Å². The van der Waals surface area contributed by atoms with E-state index in [9.17, 15) is 4.79 Å². The highest BCUT2D eigenvalue weighted by Gasteiger charge is 2.16. The average Bonchev–Trinajstić information content (AvgIpc) is 3.19. The van der Waals surface area contributed by atoms with Crippen LogP contribution in [0.15, 0.2) is 35.2 Å². The Kier molecular flexibility index (Phi) is 4.11. The summed E-state index contributed by atoms with van der Waals surface area (Å²) in [6.45, 7) is 1.32. The van der Waals surface area contributed by atoms with Crippen LogP contribution in [0.4, 0.5) is 10.5 Å². The van der Waals surface area contributed by atoms with Gasteiger partial charge in [-0.2, -0.15) is 4.98 Å². The Hall–Kier alpha value is -2.41. The van der Waals surface area contributed by atoms with Gasteiger partial charge in [0.1, 0.15) is 0 Å². The topological polar surface area (TPSA) is 89.3 Å². The summed E-state index contributed by atoms with van der Waals surface area (Å²) in [6, 6.07) is 6.98. The molecule has 2 heterocycles. The van der Waals surface area contributed by atoms with Crippen molar-refractivity contribution in [2.45, 2.75) is 18.9 Å². The second kappa shape index (κ2) is 6.36. The molecule has 2 amide bonds. The molecule has 0 bridgehead atoms. The molecule has 0 radical (unpaired) electrons. The van der Waals surface area contributed by atoms with Gasteiger partial charge in [0.15, 0.2) is 0 Å². The Labute approximate surface area is 121 Å². The van der Waals surface area contributed by atoms with Gasteiger partial charge in [0.25, 0.3) is 0 Å². The van der Waals surface area contributed by atoms with Crippen molar-refractivity contribution in [3.8, 4) is 11.4 Å². The van der Waals surface area contributed by atoms with E-state index in [2.05, 4.69) is 20.8 Å². The number of anilines is 1.